The lowest BCUT2D eigenvalue weighted by Crippen LogP contribution is -2.42. The van der Waals surface area contributed by atoms with Crippen LogP contribution in [0.3, 0.4) is 0 Å². The van der Waals surface area contributed by atoms with E-state index < -0.39 is 0 Å². The first-order valence-electron chi connectivity index (χ1n) is 10.4. The van der Waals surface area contributed by atoms with Crippen LogP contribution in [0.25, 0.3) is 0 Å². The van der Waals surface area contributed by atoms with Crippen molar-refractivity contribution in [3.8, 4) is 0 Å². The summed E-state index contributed by atoms with van der Waals surface area (Å²) in [7, 11) is 0. The number of rotatable bonds is 2. The zero-order valence-electron chi connectivity index (χ0n) is 18.1. The van der Waals surface area contributed by atoms with Crippen LogP contribution in [-0.4, -0.2) is 21.9 Å². The highest BCUT2D eigenvalue weighted by Gasteiger charge is 2.33. The largest absolute Gasteiger partial charge is 0.348 e. The number of carbonyl (C=O) groups excluding carboxylic acids is 1. The molecule has 1 aromatic heterocycles. The number of carbonyl (C=O) groups is 1. The number of fused-ring (bicyclic) bond motifs is 1. The second kappa shape index (κ2) is 7.22. The van der Waals surface area contributed by atoms with E-state index in [2.05, 4.69) is 87.8 Å². The molecule has 0 saturated heterocycles. The Morgan fingerprint density at radius 3 is 2.34 bits per heavy atom. The number of hydrogen-bond acceptors (Lipinski definition) is 1. The predicted molar refractivity (Wildman–Crippen MR) is 118 cm³/mol. The summed E-state index contributed by atoms with van der Waals surface area (Å²) >= 11 is 0. The van der Waals surface area contributed by atoms with Crippen molar-refractivity contribution in [2.45, 2.75) is 52.6 Å². The molecule has 1 amide bonds. The molecule has 0 fully saturated rings. The smallest absolute Gasteiger partial charge is 0.254 e. The van der Waals surface area contributed by atoms with Gasteiger partial charge in [0.15, 0.2) is 0 Å². The molecular weight excluding hydrogens is 356 g/mol. The van der Waals surface area contributed by atoms with Gasteiger partial charge in [-0.05, 0) is 60.2 Å². The molecule has 150 valence electrons. The summed E-state index contributed by atoms with van der Waals surface area (Å²) in [4.78, 5) is 15.6. The summed E-state index contributed by atoms with van der Waals surface area (Å²) in [6.45, 7) is 12.4. The lowest BCUT2D eigenvalue weighted by atomic mass is 9.86. The third-order valence-electron chi connectivity index (χ3n) is 6.02. The van der Waals surface area contributed by atoms with Gasteiger partial charge >= 0.3 is 0 Å². The van der Waals surface area contributed by atoms with Crippen molar-refractivity contribution in [1.29, 1.82) is 0 Å². The molecule has 2 heterocycles. The van der Waals surface area contributed by atoms with Crippen molar-refractivity contribution in [2.75, 3.05) is 6.54 Å². The fourth-order valence-corrected chi connectivity index (χ4v) is 4.34. The summed E-state index contributed by atoms with van der Waals surface area (Å²) in [5, 5.41) is 0. The van der Waals surface area contributed by atoms with Crippen molar-refractivity contribution in [3.63, 3.8) is 0 Å². The Morgan fingerprint density at radius 2 is 1.69 bits per heavy atom. The summed E-state index contributed by atoms with van der Waals surface area (Å²) in [6.07, 6.45) is 2.12. The number of aromatic nitrogens is 1. The van der Waals surface area contributed by atoms with Gasteiger partial charge < -0.3 is 9.47 Å². The van der Waals surface area contributed by atoms with Crippen molar-refractivity contribution in [2.24, 2.45) is 0 Å². The molecule has 1 aliphatic rings. The van der Waals surface area contributed by atoms with Gasteiger partial charge in [0, 0.05) is 30.5 Å². The zero-order chi connectivity index (χ0) is 20.8. The van der Waals surface area contributed by atoms with E-state index >= 15 is 0 Å². The van der Waals surface area contributed by atoms with E-state index in [4.69, 9.17) is 0 Å². The van der Waals surface area contributed by atoms with Gasteiger partial charge in [-0.1, -0.05) is 56.7 Å². The normalized spacial score (nSPS) is 16.6. The third kappa shape index (κ3) is 3.62. The first kappa shape index (κ1) is 19.5. The molecule has 0 aliphatic carbocycles. The van der Waals surface area contributed by atoms with E-state index in [-0.39, 0.29) is 17.4 Å². The van der Waals surface area contributed by atoms with Crippen LogP contribution < -0.4 is 0 Å². The second-order valence-corrected chi connectivity index (χ2v) is 9.21. The van der Waals surface area contributed by atoms with Crippen LogP contribution in [0.5, 0.6) is 0 Å². The molecule has 0 radical (unpaired) electrons. The minimum absolute atomic E-state index is 0.0610. The van der Waals surface area contributed by atoms with Crippen LogP contribution in [-0.2, 0) is 12.0 Å². The molecule has 2 aromatic carbocycles. The van der Waals surface area contributed by atoms with Gasteiger partial charge in [-0.3, -0.25) is 4.79 Å². The molecule has 0 spiro atoms. The molecule has 3 aromatic rings. The van der Waals surface area contributed by atoms with Gasteiger partial charge in [-0.2, -0.15) is 0 Å². The maximum absolute atomic E-state index is 13.6. The Balaban J connectivity index is 1.74. The lowest BCUT2D eigenvalue weighted by molar-refractivity contribution is 0.0663. The Hall–Kier alpha value is -2.81. The fourth-order valence-electron chi connectivity index (χ4n) is 4.34. The molecular formula is C26H30N2O. The predicted octanol–water partition coefficient (Wildman–Crippen LogP) is 5.65. The van der Waals surface area contributed by atoms with Gasteiger partial charge in [-0.15, -0.1) is 0 Å². The Morgan fingerprint density at radius 1 is 0.966 bits per heavy atom. The summed E-state index contributed by atoms with van der Waals surface area (Å²) in [6, 6.07) is 18.8. The first-order valence-corrected chi connectivity index (χ1v) is 10.4. The van der Waals surface area contributed by atoms with Gasteiger partial charge in [0.1, 0.15) is 0 Å². The summed E-state index contributed by atoms with van der Waals surface area (Å²) < 4.78 is 2.27. The van der Waals surface area contributed by atoms with Crippen LogP contribution in [0, 0.1) is 13.8 Å². The highest BCUT2D eigenvalue weighted by atomic mass is 16.2. The van der Waals surface area contributed by atoms with Gasteiger partial charge in [0.25, 0.3) is 5.91 Å². The molecule has 1 aliphatic heterocycles. The molecule has 1 atom stereocenters. The van der Waals surface area contributed by atoms with Crippen molar-refractivity contribution < 1.29 is 4.79 Å². The average Bonchev–Trinajstić information content (AvgIpc) is 3.15. The van der Waals surface area contributed by atoms with Crippen molar-refractivity contribution >= 4 is 5.91 Å². The number of aryl methyl sites for hydroxylation is 2. The quantitative estimate of drug-likeness (QED) is 0.559. The van der Waals surface area contributed by atoms with Gasteiger partial charge in [0.05, 0.1) is 6.04 Å². The molecule has 4 rings (SSSR count). The Bertz CT molecular complexity index is 1040. The van der Waals surface area contributed by atoms with E-state index in [0.29, 0.717) is 6.54 Å². The van der Waals surface area contributed by atoms with Crippen LogP contribution >= 0.6 is 0 Å². The van der Waals surface area contributed by atoms with Crippen LogP contribution in [0.4, 0.5) is 0 Å². The van der Waals surface area contributed by atoms with E-state index in [9.17, 15) is 4.79 Å². The van der Waals surface area contributed by atoms with Gasteiger partial charge in [0.2, 0.25) is 0 Å². The van der Waals surface area contributed by atoms with E-state index in [0.717, 1.165) is 12.1 Å². The van der Waals surface area contributed by atoms with Crippen LogP contribution in [0.1, 0.15) is 65.1 Å². The first-order chi connectivity index (χ1) is 13.8. The number of hydrogen-bond donors (Lipinski definition) is 0. The fraction of sp³-hybridized carbons (Fsp3) is 0.346. The van der Waals surface area contributed by atoms with Crippen LogP contribution in [0.15, 0.2) is 60.8 Å². The average molecular weight is 387 g/mol. The number of nitrogens with zero attached hydrogens (tertiary/aromatic N) is 2. The third-order valence-corrected chi connectivity index (χ3v) is 6.02. The molecule has 3 heteroatoms. The van der Waals surface area contributed by atoms with E-state index in [1.54, 1.807) is 0 Å². The van der Waals surface area contributed by atoms with Gasteiger partial charge in [-0.25, -0.2) is 0 Å². The Labute approximate surface area is 174 Å². The zero-order valence-corrected chi connectivity index (χ0v) is 18.1. The maximum Gasteiger partial charge on any atom is 0.254 e. The molecule has 0 bridgehead atoms. The molecule has 0 N–H and O–H groups in total. The molecule has 29 heavy (non-hydrogen) atoms. The lowest BCUT2D eigenvalue weighted by Gasteiger charge is -2.38. The monoisotopic (exact) mass is 386 g/mol. The standard InChI is InChI=1S/C26H30N2O/c1-18-8-13-22(19(2)17-18)24-23-7-6-14-27(23)15-16-28(24)25(29)20-9-11-21(12-10-20)26(3,4)5/h6-14,17,24H,15-16H2,1-5H3. The maximum atomic E-state index is 13.6. The highest BCUT2D eigenvalue weighted by Crippen LogP contribution is 2.35. The minimum Gasteiger partial charge on any atom is -0.348 e. The molecule has 1 unspecified atom stereocenters. The molecule has 3 nitrogen and oxygen atoms in total. The van der Waals surface area contributed by atoms with Crippen LogP contribution in [0.2, 0.25) is 0 Å². The minimum atomic E-state index is -0.0610. The SMILES string of the molecule is Cc1ccc(C2c3cccn3CCN2C(=O)c2ccc(C(C)(C)C)cc2)c(C)c1. The number of amides is 1. The summed E-state index contributed by atoms with van der Waals surface area (Å²) in [5.74, 6) is 0.0999. The Kier molecular flexibility index (Phi) is 4.85. The second-order valence-electron chi connectivity index (χ2n) is 9.21. The van der Waals surface area contributed by atoms with Crippen molar-refractivity contribution in [1.82, 2.24) is 9.47 Å². The van der Waals surface area contributed by atoms with Crippen molar-refractivity contribution in [3.05, 3.63) is 94.3 Å². The van der Waals surface area contributed by atoms with E-state index in [1.165, 1.54) is 27.9 Å². The summed E-state index contributed by atoms with van der Waals surface area (Å²) in [5.41, 5.74) is 6.94. The van der Waals surface area contributed by atoms with E-state index in [1.807, 2.05) is 17.0 Å². The number of benzene rings is 2. The molecule has 0 saturated carbocycles. The highest BCUT2D eigenvalue weighted by molar-refractivity contribution is 5.95. The topological polar surface area (TPSA) is 25.2 Å².